The molecule has 0 atom stereocenters. The van der Waals surface area contributed by atoms with Crippen LogP contribution in [0.5, 0.6) is 0 Å². The minimum atomic E-state index is 0.756. The molecule has 0 radical (unpaired) electrons. The summed E-state index contributed by atoms with van der Waals surface area (Å²) in [5.41, 5.74) is 7.55. The minimum absolute atomic E-state index is 0.756. The van der Waals surface area contributed by atoms with Gasteiger partial charge in [0.05, 0.1) is 11.4 Å². The summed E-state index contributed by atoms with van der Waals surface area (Å²) >= 11 is 3.37. The Morgan fingerprint density at radius 3 is 3.00 bits per heavy atom. The number of para-hydroxylation sites is 1. The molecule has 0 amide bonds. The zero-order chi connectivity index (χ0) is 9.68. The highest BCUT2D eigenvalue weighted by molar-refractivity contribution is 9.10. The average molecular weight is 241 g/mol. The molecule has 0 bridgehead atoms. The van der Waals surface area contributed by atoms with Gasteiger partial charge in [-0.15, -0.1) is 6.58 Å². The van der Waals surface area contributed by atoms with Gasteiger partial charge in [0.2, 0.25) is 0 Å². The molecule has 0 aliphatic carbocycles. The Labute approximate surface area is 87.0 Å². The van der Waals surface area contributed by atoms with Crippen LogP contribution in [0.25, 0.3) is 0 Å². The Kier molecular flexibility index (Phi) is 3.83. The molecule has 0 fully saturated rings. The van der Waals surface area contributed by atoms with Crippen LogP contribution in [-0.4, -0.2) is 6.54 Å². The van der Waals surface area contributed by atoms with Crippen molar-refractivity contribution in [2.24, 2.45) is 0 Å². The van der Waals surface area contributed by atoms with Crippen LogP contribution in [0.2, 0.25) is 0 Å². The zero-order valence-corrected chi connectivity index (χ0v) is 8.97. The van der Waals surface area contributed by atoms with Crippen LogP contribution < -0.4 is 11.1 Å². The molecule has 3 heteroatoms. The van der Waals surface area contributed by atoms with Crippen LogP contribution >= 0.6 is 15.9 Å². The summed E-state index contributed by atoms with van der Waals surface area (Å²) in [5, 5.41) is 3.23. The summed E-state index contributed by atoms with van der Waals surface area (Å²) in [6.45, 7) is 4.52. The molecule has 1 rings (SSSR count). The average Bonchev–Trinajstić information content (AvgIpc) is 2.13. The van der Waals surface area contributed by atoms with E-state index in [1.165, 1.54) is 0 Å². The molecule has 0 aliphatic rings. The van der Waals surface area contributed by atoms with Crippen molar-refractivity contribution >= 4 is 27.3 Å². The van der Waals surface area contributed by atoms with E-state index in [0.29, 0.717) is 0 Å². The van der Waals surface area contributed by atoms with Gasteiger partial charge in [0, 0.05) is 11.0 Å². The van der Waals surface area contributed by atoms with Gasteiger partial charge in [-0.25, -0.2) is 0 Å². The van der Waals surface area contributed by atoms with Crippen molar-refractivity contribution in [2.75, 3.05) is 17.6 Å². The molecule has 0 saturated carbocycles. The lowest BCUT2D eigenvalue weighted by Gasteiger charge is -2.08. The number of nitrogens with one attached hydrogen (secondary N) is 1. The van der Waals surface area contributed by atoms with Gasteiger partial charge < -0.3 is 11.1 Å². The van der Waals surface area contributed by atoms with Crippen LogP contribution in [0.1, 0.15) is 6.42 Å². The highest BCUT2D eigenvalue weighted by atomic mass is 79.9. The van der Waals surface area contributed by atoms with Crippen molar-refractivity contribution in [1.29, 1.82) is 0 Å². The Balaban J connectivity index is 2.65. The van der Waals surface area contributed by atoms with E-state index in [9.17, 15) is 0 Å². The maximum atomic E-state index is 5.83. The first-order chi connectivity index (χ1) is 6.25. The first kappa shape index (κ1) is 10.1. The lowest BCUT2D eigenvalue weighted by molar-refractivity contribution is 1.07. The van der Waals surface area contributed by atoms with E-state index in [0.717, 1.165) is 28.8 Å². The van der Waals surface area contributed by atoms with Crippen molar-refractivity contribution < 1.29 is 0 Å². The van der Waals surface area contributed by atoms with E-state index < -0.39 is 0 Å². The summed E-state index contributed by atoms with van der Waals surface area (Å²) in [4.78, 5) is 0. The van der Waals surface area contributed by atoms with E-state index in [1.54, 1.807) is 0 Å². The van der Waals surface area contributed by atoms with Crippen LogP contribution in [0, 0.1) is 0 Å². The van der Waals surface area contributed by atoms with E-state index in [4.69, 9.17) is 5.73 Å². The predicted octanol–water partition coefficient (Wildman–Crippen LogP) is 3.02. The molecular formula is C10H13BrN2. The Hall–Kier alpha value is -0.960. The van der Waals surface area contributed by atoms with Crippen molar-refractivity contribution in [3.8, 4) is 0 Å². The zero-order valence-electron chi connectivity index (χ0n) is 7.39. The van der Waals surface area contributed by atoms with E-state index in [1.807, 2.05) is 24.3 Å². The molecule has 1 aromatic carbocycles. The molecule has 13 heavy (non-hydrogen) atoms. The highest BCUT2D eigenvalue weighted by Crippen LogP contribution is 2.26. The third-order valence-corrected chi connectivity index (χ3v) is 2.41. The third-order valence-electron chi connectivity index (χ3n) is 1.72. The van der Waals surface area contributed by atoms with Gasteiger partial charge in [-0.2, -0.15) is 0 Å². The predicted molar refractivity (Wildman–Crippen MR) is 61.9 cm³/mol. The lowest BCUT2D eigenvalue weighted by Crippen LogP contribution is -2.03. The molecule has 1 aromatic rings. The van der Waals surface area contributed by atoms with E-state index in [2.05, 4.69) is 27.8 Å². The maximum absolute atomic E-state index is 5.83. The normalized spacial score (nSPS) is 9.62. The first-order valence-electron chi connectivity index (χ1n) is 4.14. The topological polar surface area (TPSA) is 38.0 Å². The van der Waals surface area contributed by atoms with E-state index in [-0.39, 0.29) is 0 Å². The lowest BCUT2D eigenvalue weighted by atomic mass is 10.2. The standard InChI is InChI=1S/C10H13BrN2/c1-2-3-7-13-9-6-4-5-8(11)10(9)12/h2,4-6,13H,1,3,7,12H2. The maximum Gasteiger partial charge on any atom is 0.0694 e. The quantitative estimate of drug-likeness (QED) is 0.483. The summed E-state index contributed by atoms with van der Waals surface area (Å²) < 4.78 is 0.927. The Bertz CT molecular complexity index is 297. The van der Waals surface area contributed by atoms with Crippen molar-refractivity contribution in [2.45, 2.75) is 6.42 Å². The number of benzene rings is 1. The largest absolute Gasteiger partial charge is 0.396 e. The summed E-state index contributed by atoms with van der Waals surface area (Å²) in [6.07, 6.45) is 2.81. The molecule has 0 aromatic heterocycles. The second-order valence-corrected chi connectivity index (χ2v) is 3.56. The summed E-state index contributed by atoms with van der Waals surface area (Å²) in [6, 6.07) is 5.84. The fourth-order valence-electron chi connectivity index (χ4n) is 1.00. The molecule has 0 spiro atoms. The molecule has 0 unspecified atom stereocenters. The van der Waals surface area contributed by atoms with Crippen molar-refractivity contribution in [3.63, 3.8) is 0 Å². The number of halogens is 1. The second-order valence-electron chi connectivity index (χ2n) is 2.71. The summed E-state index contributed by atoms with van der Waals surface area (Å²) in [5.74, 6) is 0. The van der Waals surface area contributed by atoms with Gasteiger partial charge in [0.1, 0.15) is 0 Å². The number of rotatable bonds is 4. The van der Waals surface area contributed by atoms with Crippen LogP contribution in [-0.2, 0) is 0 Å². The van der Waals surface area contributed by atoms with Gasteiger partial charge >= 0.3 is 0 Å². The van der Waals surface area contributed by atoms with Gasteiger partial charge in [0.15, 0.2) is 0 Å². The fraction of sp³-hybridized carbons (Fsp3) is 0.200. The molecule has 70 valence electrons. The van der Waals surface area contributed by atoms with E-state index >= 15 is 0 Å². The molecule has 2 nitrogen and oxygen atoms in total. The SMILES string of the molecule is C=CCCNc1cccc(Br)c1N. The molecular weight excluding hydrogens is 228 g/mol. The minimum Gasteiger partial charge on any atom is -0.396 e. The van der Waals surface area contributed by atoms with Crippen molar-refractivity contribution in [1.82, 2.24) is 0 Å². The van der Waals surface area contributed by atoms with Crippen LogP contribution in [0.3, 0.4) is 0 Å². The molecule has 0 aliphatic heterocycles. The number of nitrogens with two attached hydrogens (primary N) is 1. The Morgan fingerprint density at radius 2 is 2.31 bits per heavy atom. The molecule has 0 saturated heterocycles. The van der Waals surface area contributed by atoms with Gasteiger partial charge in [0.25, 0.3) is 0 Å². The number of anilines is 2. The number of hydrogen-bond acceptors (Lipinski definition) is 2. The second kappa shape index (κ2) is 4.92. The molecule has 3 N–H and O–H groups in total. The third kappa shape index (κ3) is 2.77. The monoisotopic (exact) mass is 240 g/mol. The van der Waals surface area contributed by atoms with Gasteiger partial charge in [-0.3, -0.25) is 0 Å². The first-order valence-corrected chi connectivity index (χ1v) is 4.93. The van der Waals surface area contributed by atoms with Crippen LogP contribution in [0.15, 0.2) is 35.3 Å². The molecule has 0 heterocycles. The van der Waals surface area contributed by atoms with Gasteiger partial charge in [-0.05, 0) is 34.5 Å². The van der Waals surface area contributed by atoms with Gasteiger partial charge in [-0.1, -0.05) is 12.1 Å². The number of nitrogen functional groups attached to an aromatic ring is 1. The number of hydrogen-bond donors (Lipinski definition) is 2. The fourth-order valence-corrected chi connectivity index (χ4v) is 1.37. The Morgan fingerprint density at radius 1 is 1.54 bits per heavy atom. The van der Waals surface area contributed by atoms with Crippen LogP contribution in [0.4, 0.5) is 11.4 Å². The summed E-state index contributed by atoms with van der Waals surface area (Å²) in [7, 11) is 0. The van der Waals surface area contributed by atoms with Crippen molar-refractivity contribution in [3.05, 3.63) is 35.3 Å². The highest BCUT2D eigenvalue weighted by Gasteiger charge is 2.00. The smallest absolute Gasteiger partial charge is 0.0694 e.